The molecule has 3 heteroatoms. The number of hydrogen-bond donors (Lipinski definition) is 1. The third-order valence-corrected chi connectivity index (χ3v) is 3.11. The molecular weight excluding hydrogens is 234 g/mol. The van der Waals surface area contributed by atoms with Gasteiger partial charge in [0.15, 0.2) is 0 Å². The Bertz CT molecular complexity index is 328. The normalized spacial score (nSPS) is 10.5. The second kappa shape index (κ2) is 8.37. The van der Waals surface area contributed by atoms with Gasteiger partial charge in [0.25, 0.3) is 0 Å². The maximum absolute atomic E-state index is 6.18. The van der Waals surface area contributed by atoms with Crippen LogP contribution in [-0.4, -0.2) is 20.2 Å². The fraction of sp³-hybridized carbons (Fsp3) is 0.571. The Balaban J connectivity index is 2.35. The van der Waals surface area contributed by atoms with Gasteiger partial charge in [-0.2, -0.15) is 0 Å². The van der Waals surface area contributed by atoms with Crippen LogP contribution < -0.4 is 10.1 Å². The molecule has 0 amide bonds. The number of methoxy groups -OCH3 is 1. The van der Waals surface area contributed by atoms with Crippen molar-refractivity contribution in [1.82, 2.24) is 5.32 Å². The van der Waals surface area contributed by atoms with E-state index in [1.54, 1.807) is 7.11 Å². The van der Waals surface area contributed by atoms with Crippen molar-refractivity contribution in [3.8, 4) is 5.75 Å². The molecule has 1 aromatic rings. The molecule has 0 atom stereocenters. The molecule has 0 aromatic heterocycles. The fourth-order valence-electron chi connectivity index (χ4n) is 1.83. The molecule has 0 radical (unpaired) electrons. The molecule has 0 aliphatic rings. The highest BCUT2D eigenvalue weighted by Gasteiger charge is 2.06. The van der Waals surface area contributed by atoms with Crippen LogP contribution in [0.5, 0.6) is 5.75 Å². The standard InChI is InChI=1S/C14H22ClNO/c1-3-10-16-11-5-4-7-12-13(15)8-6-9-14(12)17-2/h6,8-9,16H,3-5,7,10-11H2,1-2H3. The van der Waals surface area contributed by atoms with E-state index >= 15 is 0 Å². The molecule has 0 saturated carbocycles. The summed E-state index contributed by atoms with van der Waals surface area (Å²) in [7, 11) is 1.69. The van der Waals surface area contributed by atoms with E-state index in [4.69, 9.17) is 16.3 Å². The van der Waals surface area contributed by atoms with Crippen molar-refractivity contribution in [2.24, 2.45) is 0 Å². The SMILES string of the molecule is CCCNCCCCc1c(Cl)cccc1OC. The monoisotopic (exact) mass is 255 g/mol. The molecular formula is C14H22ClNO. The van der Waals surface area contributed by atoms with E-state index in [-0.39, 0.29) is 0 Å². The smallest absolute Gasteiger partial charge is 0.123 e. The molecule has 96 valence electrons. The lowest BCUT2D eigenvalue weighted by molar-refractivity contribution is 0.409. The first-order chi connectivity index (χ1) is 8.29. The highest BCUT2D eigenvalue weighted by molar-refractivity contribution is 6.31. The van der Waals surface area contributed by atoms with E-state index in [0.717, 1.165) is 42.3 Å². The lowest BCUT2D eigenvalue weighted by atomic mass is 10.1. The summed E-state index contributed by atoms with van der Waals surface area (Å²) in [5, 5.41) is 4.21. The Kier molecular flexibility index (Phi) is 7.06. The third-order valence-electron chi connectivity index (χ3n) is 2.75. The van der Waals surface area contributed by atoms with E-state index < -0.39 is 0 Å². The van der Waals surface area contributed by atoms with Gasteiger partial charge in [0.2, 0.25) is 0 Å². The predicted octanol–water partition coefficient (Wildman–Crippen LogP) is 3.67. The van der Waals surface area contributed by atoms with Gasteiger partial charge in [-0.15, -0.1) is 0 Å². The largest absolute Gasteiger partial charge is 0.496 e. The van der Waals surface area contributed by atoms with Gasteiger partial charge in [-0.1, -0.05) is 24.6 Å². The summed E-state index contributed by atoms with van der Waals surface area (Å²) in [6, 6.07) is 5.82. The summed E-state index contributed by atoms with van der Waals surface area (Å²) in [4.78, 5) is 0. The molecule has 1 aromatic carbocycles. The Morgan fingerprint density at radius 1 is 1.24 bits per heavy atom. The number of rotatable bonds is 8. The van der Waals surface area contributed by atoms with Gasteiger partial charge < -0.3 is 10.1 Å². The maximum Gasteiger partial charge on any atom is 0.123 e. The number of hydrogen-bond acceptors (Lipinski definition) is 2. The van der Waals surface area contributed by atoms with Crippen LogP contribution in [0.2, 0.25) is 5.02 Å². The van der Waals surface area contributed by atoms with Crippen LogP contribution in [-0.2, 0) is 6.42 Å². The van der Waals surface area contributed by atoms with Crippen LogP contribution in [0.25, 0.3) is 0 Å². The zero-order valence-electron chi connectivity index (χ0n) is 10.8. The minimum atomic E-state index is 0.811. The van der Waals surface area contributed by atoms with Crippen molar-refractivity contribution in [3.05, 3.63) is 28.8 Å². The van der Waals surface area contributed by atoms with Gasteiger partial charge in [0, 0.05) is 10.6 Å². The van der Waals surface area contributed by atoms with Crippen LogP contribution in [0.3, 0.4) is 0 Å². The van der Waals surface area contributed by atoms with Gasteiger partial charge in [0.05, 0.1) is 7.11 Å². The van der Waals surface area contributed by atoms with Gasteiger partial charge >= 0.3 is 0 Å². The molecule has 0 heterocycles. The van der Waals surface area contributed by atoms with Crippen molar-refractivity contribution < 1.29 is 4.74 Å². The molecule has 0 unspecified atom stereocenters. The van der Waals surface area contributed by atoms with Gasteiger partial charge in [-0.3, -0.25) is 0 Å². The summed E-state index contributed by atoms with van der Waals surface area (Å²) < 4.78 is 5.32. The molecule has 0 fully saturated rings. The van der Waals surface area contributed by atoms with Crippen molar-refractivity contribution in [2.75, 3.05) is 20.2 Å². The number of ether oxygens (including phenoxy) is 1. The average molecular weight is 256 g/mol. The molecule has 1 N–H and O–H groups in total. The topological polar surface area (TPSA) is 21.3 Å². The van der Waals surface area contributed by atoms with Crippen LogP contribution in [0.1, 0.15) is 31.7 Å². The molecule has 0 bridgehead atoms. The van der Waals surface area contributed by atoms with E-state index in [0.29, 0.717) is 0 Å². The molecule has 2 nitrogen and oxygen atoms in total. The lowest BCUT2D eigenvalue weighted by Crippen LogP contribution is -2.15. The average Bonchev–Trinajstić information content (AvgIpc) is 2.35. The number of halogens is 1. The summed E-state index contributed by atoms with van der Waals surface area (Å²) >= 11 is 6.18. The van der Waals surface area contributed by atoms with Crippen LogP contribution in [0, 0.1) is 0 Å². The Labute approximate surface area is 109 Å². The summed E-state index contributed by atoms with van der Waals surface area (Å²) in [6.07, 6.45) is 4.49. The highest BCUT2D eigenvalue weighted by Crippen LogP contribution is 2.27. The van der Waals surface area contributed by atoms with E-state index in [1.165, 1.54) is 12.8 Å². The zero-order valence-corrected chi connectivity index (χ0v) is 11.5. The Morgan fingerprint density at radius 2 is 2.06 bits per heavy atom. The van der Waals surface area contributed by atoms with Crippen molar-refractivity contribution in [2.45, 2.75) is 32.6 Å². The molecule has 0 aliphatic carbocycles. The van der Waals surface area contributed by atoms with E-state index in [9.17, 15) is 0 Å². The Hall–Kier alpha value is -0.730. The van der Waals surface area contributed by atoms with Crippen molar-refractivity contribution in [3.63, 3.8) is 0 Å². The maximum atomic E-state index is 6.18. The first-order valence-corrected chi connectivity index (χ1v) is 6.69. The minimum absolute atomic E-state index is 0.811. The summed E-state index contributed by atoms with van der Waals surface area (Å²) in [5.74, 6) is 0.902. The first kappa shape index (κ1) is 14.3. The van der Waals surface area contributed by atoms with Crippen LogP contribution >= 0.6 is 11.6 Å². The predicted molar refractivity (Wildman–Crippen MR) is 74.1 cm³/mol. The lowest BCUT2D eigenvalue weighted by Gasteiger charge is -2.10. The second-order valence-electron chi connectivity index (χ2n) is 4.13. The molecule has 0 aliphatic heterocycles. The third kappa shape index (κ3) is 4.97. The molecule has 17 heavy (non-hydrogen) atoms. The van der Waals surface area contributed by atoms with Crippen LogP contribution in [0.4, 0.5) is 0 Å². The van der Waals surface area contributed by atoms with Gasteiger partial charge in [0.1, 0.15) is 5.75 Å². The van der Waals surface area contributed by atoms with Gasteiger partial charge in [-0.25, -0.2) is 0 Å². The second-order valence-corrected chi connectivity index (χ2v) is 4.53. The Morgan fingerprint density at radius 3 is 2.76 bits per heavy atom. The highest BCUT2D eigenvalue weighted by atomic mass is 35.5. The quantitative estimate of drug-likeness (QED) is 0.716. The van der Waals surface area contributed by atoms with Crippen molar-refractivity contribution in [1.29, 1.82) is 0 Å². The van der Waals surface area contributed by atoms with Crippen molar-refractivity contribution >= 4 is 11.6 Å². The fourth-order valence-corrected chi connectivity index (χ4v) is 2.09. The molecule has 1 rings (SSSR count). The summed E-state index contributed by atoms with van der Waals surface area (Å²) in [6.45, 7) is 4.37. The zero-order chi connectivity index (χ0) is 12.5. The first-order valence-electron chi connectivity index (χ1n) is 6.31. The van der Waals surface area contributed by atoms with E-state index in [1.807, 2.05) is 18.2 Å². The number of unbranched alkanes of at least 4 members (excludes halogenated alkanes) is 1. The minimum Gasteiger partial charge on any atom is -0.496 e. The van der Waals surface area contributed by atoms with E-state index in [2.05, 4.69) is 12.2 Å². The molecule has 0 spiro atoms. The number of benzene rings is 1. The van der Waals surface area contributed by atoms with Gasteiger partial charge in [-0.05, 0) is 50.9 Å². The van der Waals surface area contributed by atoms with Crippen LogP contribution in [0.15, 0.2) is 18.2 Å². The molecule has 0 saturated heterocycles. The summed E-state index contributed by atoms with van der Waals surface area (Å²) in [5.41, 5.74) is 1.13. The number of nitrogens with one attached hydrogen (secondary N) is 1.